The topological polar surface area (TPSA) is 93.2 Å². The van der Waals surface area contributed by atoms with E-state index in [1.807, 2.05) is 4.90 Å². The van der Waals surface area contributed by atoms with Crippen LogP contribution in [0.15, 0.2) is 78.4 Å². The molecule has 0 aromatic heterocycles. The number of benzene rings is 3. The molecule has 0 spiro atoms. The average molecular weight is 719 g/mol. The minimum absolute atomic E-state index is 0.102. The normalized spacial score (nSPS) is 22.6. The van der Waals surface area contributed by atoms with Crippen molar-refractivity contribution in [3.05, 3.63) is 112 Å². The molecule has 0 unspecified atom stereocenters. The number of nitrogens with zero attached hydrogens (tertiary/aromatic N) is 3. The molecule has 2 amide bonds. The molecule has 3 heterocycles. The lowest BCUT2D eigenvalue weighted by atomic mass is 9.66. The fourth-order valence-corrected chi connectivity index (χ4v) is 8.98. The van der Waals surface area contributed by atoms with Gasteiger partial charge in [-0.3, -0.25) is 14.5 Å². The minimum Gasteiger partial charge on any atom is -0.391 e. The van der Waals surface area contributed by atoms with Crippen LogP contribution in [0.5, 0.6) is 0 Å². The Morgan fingerprint density at radius 1 is 0.811 bits per heavy atom. The fraction of sp³-hybridized carbons (Fsp3) is 0.511. The first-order valence-electron chi connectivity index (χ1n) is 20.0. The molecule has 3 aromatic carbocycles. The van der Waals surface area contributed by atoms with Crippen molar-refractivity contribution in [2.24, 2.45) is 5.92 Å². The number of amides is 2. The quantitative estimate of drug-likeness (QED) is 0.174. The van der Waals surface area contributed by atoms with Crippen LogP contribution in [0.1, 0.15) is 93.2 Å². The van der Waals surface area contributed by atoms with E-state index >= 15 is 4.79 Å². The zero-order chi connectivity index (χ0) is 37.5. The Morgan fingerprint density at radius 3 is 1.85 bits per heavy atom. The number of β-amino-alcohol motifs (C(OH)–C–C–N with tert-alkyl or cyclic N) is 1. The van der Waals surface area contributed by atoms with Gasteiger partial charge in [0.1, 0.15) is 12.0 Å². The molecular formula is C45H58N4O4. The van der Waals surface area contributed by atoms with Gasteiger partial charge >= 0.3 is 0 Å². The number of piperidine rings is 1. The number of carbonyl (C=O) groups excluding carboxylic acids is 3. The fourth-order valence-electron chi connectivity index (χ4n) is 8.98. The molecule has 2 N–H and O–H groups in total. The number of hydrogen-bond acceptors (Lipinski definition) is 6. The number of likely N-dealkylation sites (tertiary alicyclic amines) is 3. The summed E-state index contributed by atoms with van der Waals surface area (Å²) in [4.78, 5) is 47.4. The van der Waals surface area contributed by atoms with Crippen molar-refractivity contribution in [2.75, 3.05) is 39.3 Å². The largest absolute Gasteiger partial charge is 0.391 e. The van der Waals surface area contributed by atoms with Crippen molar-refractivity contribution in [2.45, 2.75) is 103 Å². The monoisotopic (exact) mass is 718 g/mol. The summed E-state index contributed by atoms with van der Waals surface area (Å²) in [5, 5.41) is 14.3. The lowest BCUT2D eigenvalue weighted by Gasteiger charge is -2.40. The van der Waals surface area contributed by atoms with E-state index in [0.717, 1.165) is 68.4 Å². The van der Waals surface area contributed by atoms with Crippen LogP contribution in [-0.4, -0.2) is 95.1 Å². The van der Waals surface area contributed by atoms with Crippen molar-refractivity contribution >= 4 is 17.8 Å². The zero-order valence-corrected chi connectivity index (χ0v) is 32.2. The highest BCUT2D eigenvalue weighted by Crippen LogP contribution is 2.44. The highest BCUT2D eigenvalue weighted by molar-refractivity contribution is 5.88. The van der Waals surface area contributed by atoms with E-state index < -0.39 is 23.7 Å². The molecule has 282 valence electrons. The Bertz CT molecular complexity index is 1630. The van der Waals surface area contributed by atoms with E-state index in [-0.39, 0.29) is 24.8 Å². The Balaban J connectivity index is 1.35. The number of aliphatic hydroxyl groups excluding tert-OH is 1. The van der Waals surface area contributed by atoms with Crippen LogP contribution in [0.4, 0.5) is 0 Å². The number of rotatable bonds is 13. The summed E-state index contributed by atoms with van der Waals surface area (Å²) in [6.45, 7) is 12.8. The lowest BCUT2D eigenvalue weighted by molar-refractivity contribution is -0.139. The standard InChI is InChI=1S/C45H58N4O4/c1-5-32-11-17-37(18-12-32)45(38-19-13-33(6-2)14-20-38,39-21-15-34(7-3)16-22-39)27-42(52)49-30-40(51)26-41(49)48-25-23-36(31-50)43(48)44(53)46-28-35-10-9-24-47(8-4)29-35/h11-22,35,40-41,43,51H,5-10,23-30H2,1-4H3,(H,46,53)/t35-,40-,41+,43-/m1/s1. The van der Waals surface area contributed by atoms with E-state index in [9.17, 15) is 14.7 Å². The molecule has 3 aliphatic heterocycles. The second kappa shape index (κ2) is 17.4. The molecule has 8 nitrogen and oxygen atoms in total. The van der Waals surface area contributed by atoms with Gasteiger partial charge in [-0.1, -0.05) is 100 Å². The highest BCUT2D eigenvalue weighted by atomic mass is 16.3. The second-order valence-electron chi connectivity index (χ2n) is 15.3. The summed E-state index contributed by atoms with van der Waals surface area (Å²) in [7, 11) is 0. The molecule has 3 fully saturated rings. The van der Waals surface area contributed by atoms with Crippen molar-refractivity contribution < 1.29 is 19.5 Å². The molecule has 4 atom stereocenters. The van der Waals surface area contributed by atoms with Crippen LogP contribution in [-0.2, 0) is 39.1 Å². The smallest absolute Gasteiger partial charge is 0.242 e. The minimum atomic E-state index is -0.821. The van der Waals surface area contributed by atoms with Gasteiger partial charge < -0.3 is 20.2 Å². The lowest BCUT2D eigenvalue weighted by Crippen LogP contribution is -2.55. The third-order valence-corrected chi connectivity index (χ3v) is 12.2. The maximum atomic E-state index is 15.1. The SMILES string of the molecule is CCc1ccc(C(CC(=O)N2C[C@H](O)C[C@H]2N2CCC(=C=O)[C@@H]2C(=O)NC[C@H]2CCCN(CC)C2)(c2ccc(CC)cc2)c2ccc(CC)cc2)cc1. The van der Waals surface area contributed by atoms with E-state index in [2.05, 4.69) is 117 Å². The molecule has 3 aromatic rings. The number of nitrogens with one attached hydrogen (secondary N) is 1. The van der Waals surface area contributed by atoms with Crippen LogP contribution in [0, 0.1) is 5.92 Å². The van der Waals surface area contributed by atoms with Crippen LogP contribution < -0.4 is 5.32 Å². The maximum absolute atomic E-state index is 15.1. The second-order valence-corrected chi connectivity index (χ2v) is 15.3. The Labute approximate surface area is 316 Å². The number of carbonyl (C=O) groups is 2. The van der Waals surface area contributed by atoms with Gasteiger partial charge in [-0.2, -0.15) is 0 Å². The number of aliphatic hydroxyl groups is 1. The Morgan fingerprint density at radius 2 is 1.36 bits per heavy atom. The van der Waals surface area contributed by atoms with Crippen molar-refractivity contribution in [3.63, 3.8) is 0 Å². The maximum Gasteiger partial charge on any atom is 0.242 e. The summed E-state index contributed by atoms with van der Waals surface area (Å²) in [5.41, 5.74) is 6.36. The molecule has 6 rings (SSSR count). The molecule has 0 saturated carbocycles. The predicted octanol–water partition coefficient (Wildman–Crippen LogP) is 5.70. The predicted molar refractivity (Wildman–Crippen MR) is 210 cm³/mol. The molecule has 0 bridgehead atoms. The van der Waals surface area contributed by atoms with Gasteiger partial charge in [0.25, 0.3) is 0 Å². The van der Waals surface area contributed by atoms with Gasteiger partial charge in [-0.25, -0.2) is 4.79 Å². The number of hydrogen-bond donors (Lipinski definition) is 2. The van der Waals surface area contributed by atoms with E-state index in [0.29, 0.717) is 37.4 Å². The van der Waals surface area contributed by atoms with Crippen molar-refractivity contribution in [1.29, 1.82) is 0 Å². The summed E-state index contributed by atoms with van der Waals surface area (Å²) in [6, 6.07) is 25.1. The summed E-state index contributed by atoms with van der Waals surface area (Å²) >= 11 is 0. The van der Waals surface area contributed by atoms with Gasteiger partial charge in [0.2, 0.25) is 11.8 Å². The highest BCUT2D eigenvalue weighted by Gasteiger charge is 2.48. The first kappa shape index (κ1) is 38.6. The third kappa shape index (κ3) is 8.22. The molecule has 8 heteroatoms. The summed E-state index contributed by atoms with van der Waals surface area (Å²) in [5.74, 6) is 2.11. The van der Waals surface area contributed by atoms with Crippen LogP contribution in [0.2, 0.25) is 0 Å². The van der Waals surface area contributed by atoms with Crippen LogP contribution >= 0.6 is 0 Å². The Hall–Kier alpha value is -4.07. The van der Waals surface area contributed by atoms with E-state index in [4.69, 9.17) is 0 Å². The first-order valence-corrected chi connectivity index (χ1v) is 20.0. The van der Waals surface area contributed by atoms with Gasteiger partial charge in [0.05, 0.1) is 17.7 Å². The Kier molecular flexibility index (Phi) is 12.7. The molecule has 3 saturated heterocycles. The van der Waals surface area contributed by atoms with E-state index in [1.54, 1.807) is 4.90 Å². The van der Waals surface area contributed by atoms with Crippen LogP contribution in [0.3, 0.4) is 0 Å². The summed E-state index contributed by atoms with van der Waals surface area (Å²) < 4.78 is 0. The average Bonchev–Trinajstić information content (AvgIpc) is 3.82. The van der Waals surface area contributed by atoms with Gasteiger partial charge in [-0.15, -0.1) is 0 Å². The van der Waals surface area contributed by atoms with Gasteiger partial charge in [0, 0.05) is 44.6 Å². The molecule has 53 heavy (non-hydrogen) atoms. The van der Waals surface area contributed by atoms with Gasteiger partial charge in [0.15, 0.2) is 0 Å². The van der Waals surface area contributed by atoms with Crippen molar-refractivity contribution in [1.82, 2.24) is 20.0 Å². The number of aryl methyl sites for hydroxylation is 3. The molecule has 0 radical (unpaired) electrons. The zero-order valence-electron chi connectivity index (χ0n) is 32.2. The van der Waals surface area contributed by atoms with E-state index in [1.165, 1.54) is 16.7 Å². The first-order chi connectivity index (χ1) is 25.7. The molecule has 3 aliphatic rings. The van der Waals surface area contributed by atoms with Crippen molar-refractivity contribution in [3.8, 4) is 0 Å². The molecule has 0 aliphatic carbocycles. The van der Waals surface area contributed by atoms with Gasteiger partial charge in [-0.05, 0) is 90.9 Å². The summed E-state index contributed by atoms with van der Waals surface area (Å²) in [6.07, 6.45) is 4.48. The third-order valence-electron chi connectivity index (χ3n) is 12.2. The molecular weight excluding hydrogens is 661 g/mol. The van der Waals surface area contributed by atoms with Crippen LogP contribution in [0.25, 0.3) is 0 Å².